The third kappa shape index (κ3) is 3.03. The molecule has 1 heterocycles. The van der Waals surface area contributed by atoms with Crippen molar-refractivity contribution in [1.82, 2.24) is 4.98 Å². The van der Waals surface area contributed by atoms with Gasteiger partial charge >= 0.3 is 5.97 Å². The molecule has 114 valence electrons. The number of nitrogens with zero attached hydrogens (tertiary/aromatic N) is 1. The second-order valence-corrected chi connectivity index (χ2v) is 5.75. The van der Waals surface area contributed by atoms with E-state index in [1.165, 1.54) is 31.9 Å². The lowest BCUT2D eigenvalue weighted by Gasteiger charge is -2.18. The van der Waals surface area contributed by atoms with Gasteiger partial charge in [0.25, 0.3) is 0 Å². The Kier molecular flexibility index (Phi) is 4.52. The van der Waals surface area contributed by atoms with Gasteiger partial charge in [-0.15, -0.1) is 0 Å². The summed E-state index contributed by atoms with van der Waals surface area (Å²) < 4.78 is 4.87. The van der Waals surface area contributed by atoms with Crippen molar-refractivity contribution >= 4 is 5.97 Å². The summed E-state index contributed by atoms with van der Waals surface area (Å²) in [5.41, 5.74) is 5.07. The Morgan fingerprint density at radius 1 is 1.05 bits per heavy atom. The van der Waals surface area contributed by atoms with Crippen molar-refractivity contribution in [1.29, 1.82) is 0 Å². The molecule has 1 aromatic carbocycles. The Morgan fingerprint density at radius 2 is 1.77 bits per heavy atom. The van der Waals surface area contributed by atoms with Gasteiger partial charge in [-0.2, -0.15) is 0 Å². The largest absolute Gasteiger partial charge is 0.464 e. The highest BCUT2D eigenvalue weighted by Gasteiger charge is 2.18. The lowest BCUT2D eigenvalue weighted by molar-refractivity contribution is 0.0593. The Balaban J connectivity index is 2.16. The lowest BCUT2D eigenvalue weighted by Crippen LogP contribution is -2.11. The Hall–Kier alpha value is -2.16. The van der Waals surface area contributed by atoms with Crippen molar-refractivity contribution in [2.45, 2.75) is 38.5 Å². The predicted octanol–water partition coefficient (Wildman–Crippen LogP) is 4.19. The summed E-state index contributed by atoms with van der Waals surface area (Å²) in [6, 6.07) is 12.1. The molecule has 3 rings (SSSR count). The van der Waals surface area contributed by atoms with E-state index < -0.39 is 0 Å². The summed E-state index contributed by atoms with van der Waals surface area (Å²) in [7, 11) is 1.41. The van der Waals surface area contributed by atoms with Crippen molar-refractivity contribution in [2.24, 2.45) is 0 Å². The second-order valence-electron chi connectivity index (χ2n) is 5.75. The average molecular weight is 295 g/mol. The molecule has 0 saturated heterocycles. The van der Waals surface area contributed by atoms with E-state index in [0.717, 1.165) is 36.1 Å². The molecule has 3 nitrogen and oxygen atoms in total. The van der Waals surface area contributed by atoms with Gasteiger partial charge in [0.15, 0.2) is 0 Å². The van der Waals surface area contributed by atoms with Crippen LogP contribution < -0.4 is 0 Å². The molecule has 0 bridgehead atoms. The molecular weight excluding hydrogens is 274 g/mol. The first-order chi connectivity index (χ1) is 10.8. The number of ether oxygens (including phenoxy) is 1. The van der Waals surface area contributed by atoms with Crippen molar-refractivity contribution < 1.29 is 9.53 Å². The first-order valence-electron chi connectivity index (χ1n) is 7.96. The normalized spacial score (nSPS) is 14.6. The van der Waals surface area contributed by atoms with E-state index in [-0.39, 0.29) is 5.97 Å². The molecule has 1 aliphatic carbocycles. The van der Waals surface area contributed by atoms with Gasteiger partial charge in [-0.3, -0.25) is 0 Å². The quantitative estimate of drug-likeness (QED) is 0.780. The van der Waals surface area contributed by atoms with Crippen molar-refractivity contribution in [3.63, 3.8) is 0 Å². The van der Waals surface area contributed by atoms with Crippen molar-refractivity contribution in [2.75, 3.05) is 7.11 Å². The first kappa shape index (κ1) is 14.8. The highest BCUT2D eigenvalue weighted by atomic mass is 16.5. The van der Waals surface area contributed by atoms with Gasteiger partial charge in [-0.25, -0.2) is 9.78 Å². The van der Waals surface area contributed by atoms with E-state index in [1.54, 1.807) is 0 Å². The second kappa shape index (κ2) is 6.73. The van der Waals surface area contributed by atoms with Crippen LogP contribution in [-0.4, -0.2) is 18.1 Å². The minimum absolute atomic E-state index is 0.359. The molecule has 1 aromatic heterocycles. The average Bonchev–Trinajstić information content (AvgIpc) is 2.55. The van der Waals surface area contributed by atoms with Crippen LogP contribution in [0.15, 0.2) is 36.4 Å². The molecule has 0 spiro atoms. The fraction of sp³-hybridized carbons (Fsp3) is 0.368. The number of hydrogen-bond acceptors (Lipinski definition) is 3. The van der Waals surface area contributed by atoms with Crippen molar-refractivity contribution in [3.05, 3.63) is 53.3 Å². The van der Waals surface area contributed by atoms with E-state index in [0.29, 0.717) is 5.69 Å². The summed E-state index contributed by atoms with van der Waals surface area (Å²) in [6.45, 7) is 0. The van der Waals surface area contributed by atoms with Crippen LogP contribution in [0.3, 0.4) is 0 Å². The highest BCUT2D eigenvalue weighted by Crippen LogP contribution is 2.30. The Morgan fingerprint density at radius 3 is 2.50 bits per heavy atom. The number of carbonyl (C=O) groups excluding carboxylic acids is 1. The molecular formula is C19H21NO2. The number of hydrogen-bond donors (Lipinski definition) is 0. The molecule has 0 fully saturated rings. The molecule has 0 atom stereocenters. The Bertz CT molecular complexity index is 665. The number of benzene rings is 1. The zero-order valence-corrected chi connectivity index (χ0v) is 13.0. The fourth-order valence-electron chi connectivity index (χ4n) is 3.14. The van der Waals surface area contributed by atoms with Crippen LogP contribution >= 0.6 is 0 Å². The standard InChI is InChI=1S/C19H21NO2/c1-22-19(21)18-13-16(14-9-5-4-6-10-14)15-11-7-2-3-8-12-17(15)20-18/h4-6,9-10,13H,2-3,7-8,11-12H2,1H3. The van der Waals surface area contributed by atoms with Gasteiger partial charge in [0.1, 0.15) is 5.69 Å². The number of aromatic nitrogens is 1. The topological polar surface area (TPSA) is 39.2 Å². The zero-order valence-electron chi connectivity index (χ0n) is 13.0. The van der Waals surface area contributed by atoms with Crippen molar-refractivity contribution in [3.8, 4) is 11.1 Å². The lowest BCUT2D eigenvalue weighted by atomic mass is 9.90. The number of fused-ring (bicyclic) bond motifs is 1. The third-order valence-electron chi connectivity index (χ3n) is 4.28. The van der Waals surface area contributed by atoms with Gasteiger partial charge in [-0.1, -0.05) is 43.2 Å². The molecule has 1 aliphatic rings. The molecule has 2 aromatic rings. The predicted molar refractivity (Wildman–Crippen MR) is 86.9 cm³/mol. The van der Waals surface area contributed by atoms with E-state index >= 15 is 0 Å². The maximum absolute atomic E-state index is 12.0. The van der Waals surface area contributed by atoms with Gasteiger partial charge in [0.2, 0.25) is 0 Å². The number of esters is 1. The number of rotatable bonds is 2. The number of methoxy groups -OCH3 is 1. The van der Waals surface area contributed by atoms with Crippen LogP contribution in [0.1, 0.15) is 47.4 Å². The number of aryl methyl sites for hydroxylation is 1. The maximum Gasteiger partial charge on any atom is 0.356 e. The monoisotopic (exact) mass is 295 g/mol. The molecule has 0 aliphatic heterocycles. The summed E-state index contributed by atoms with van der Waals surface area (Å²) in [5, 5.41) is 0. The van der Waals surface area contributed by atoms with Gasteiger partial charge in [-0.05, 0) is 48.4 Å². The smallest absolute Gasteiger partial charge is 0.356 e. The molecule has 0 unspecified atom stereocenters. The van der Waals surface area contributed by atoms with E-state index in [2.05, 4.69) is 17.1 Å². The minimum Gasteiger partial charge on any atom is -0.464 e. The summed E-state index contributed by atoms with van der Waals surface area (Å²) in [6.07, 6.45) is 6.82. The van der Waals surface area contributed by atoms with Crippen LogP contribution in [0, 0.1) is 0 Å². The van der Waals surface area contributed by atoms with Gasteiger partial charge in [0, 0.05) is 5.69 Å². The fourth-order valence-corrected chi connectivity index (χ4v) is 3.14. The number of pyridine rings is 1. The molecule has 3 heteroatoms. The molecule has 22 heavy (non-hydrogen) atoms. The first-order valence-corrected chi connectivity index (χ1v) is 7.96. The summed E-state index contributed by atoms with van der Waals surface area (Å²) in [5.74, 6) is -0.359. The highest BCUT2D eigenvalue weighted by molar-refractivity contribution is 5.89. The van der Waals surface area contributed by atoms with Crippen LogP contribution in [0.4, 0.5) is 0 Å². The number of carbonyl (C=O) groups is 1. The van der Waals surface area contributed by atoms with Gasteiger partial charge in [0.05, 0.1) is 7.11 Å². The van der Waals surface area contributed by atoms with Crippen LogP contribution in [-0.2, 0) is 17.6 Å². The van der Waals surface area contributed by atoms with E-state index in [9.17, 15) is 4.79 Å². The molecule has 0 radical (unpaired) electrons. The van der Waals surface area contributed by atoms with E-state index in [1.807, 2.05) is 24.3 Å². The maximum atomic E-state index is 12.0. The Labute approximate surface area is 131 Å². The van der Waals surface area contributed by atoms with Crippen LogP contribution in [0.2, 0.25) is 0 Å². The van der Waals surface area contributed by atoms with Crippen LogP contribution in [0.5, 0.6) is 0 Å². The van der Waals surface area contributed by atoms with Crippen LogP contribution in [0.25, 0.3) is 11.1 Å². The summed E-state index contributed by atoms with van der Waals surface area (Å²) >= 11 is 0. The molecule has 0 amide bonds. The minimum atomic E-state index is -0.359. The summed E-state index contributed by atoms with van der Waals surface area (Å²) in [4.78, 5) is 16.5. The molecule has 0 saturated carbocycles. The molecule has 0 N–H and O–H groups in total. The van der Waals surface area contributed by atoms with E-state index in [4.69, 9.17) is 4.74 Å². The third-order valence-corrected chi connectivity index (χ3v) is 4.28. The van der Waals surface area contributed by atoms with Gasteiger partial charge < -0.3 is 4.74 Å². The zero-order chi connectivity index (χ0) is 15.4. The SMILES string of the molecule is COC(=O)c1cc(-c2ccccc2)c2c(n1)CCCCCC2.